The molecular formula is C14H10Cl3N3O3S. The highest BCUT2D eigenvalue weighted by Gasteiger charge is 2.10. The van der Waals surface area contributed by atoms with Crippen LogP contribution in [0.3, 0.4) is 0 Å². The zero-order valence-electron chi connectivity index (χ0n) is 11.9. The van der Waals surface area contributed by atoms with Crippen LogP contribution in [-0.2, 0) is 4.79 Å². The van der Waals surface area contributed by atoms with Crippen LogP contribution in [0.5, 0.6) is 0 Å². The molecule has 0 bridgehead atoms. The molecule has 2 rings (SSSR count). The molecule has 0 aliphatic carbocycles. The second-order valence-electron chi connectivity index (χ2n) is 4.46. The summed E-state index contributed by atoms with van der Waals surface area (Å²) in [5, 5.41) is 11.5. The molecule has 0 aliphatic heterocycles. The zero-order valence-corrected chi connectivity index (χ0v) is 15.0. The fraction of sp³-hybridized carbons (Fsp3) is 0.0714. The van der Waals surface area contributed by atoms with E-state index < -0.39 is 4.92 Å². The van der Waals surface area contributed by atoms with Crippen LogP contribution in [0.25, 0.3) is 0 Å². The van der Waals surface area contributed by atoms with Crippen molar-refractivity contribution in [1.29, 1.82) is 0 Å². The normalized spacial score (nSPS) is 10.3. The minimum atomic E-state index is -0.481. The third-order valence-corrected chi connectivity index (χ3v) is 4.58. The van der Waals surface area contributed by atoms with E-state index in [9.17, 15) is 14.9 Å². The Kier molecular flexibility index (Phi) is 6.56. The van der Waals surface area contributed by atoms with Crippen LogP contribution in [-0.4, -0.2) is 16.6 Å². The predicted molar refractivity (Wildman–Crippen MR) is 97.1 cm³/mol. The molecule has 0 radical (unpaired) electrons. The van der Waals surface area contributed by atoms with E-state index in [1.54, 1.807) is 12.1 Å². The molecule has 126 valence electrons. The lowest BCUT2D eigenvalue weighted by Gasteiger charge is -2.12. The molecule has 2 aromatic rings. The van der Waals surface area contributed by atoms with Crippen molar-refractivity contribution < 1.29 is 9.72 Å². The van der Waals surface area contributed by atoms with Crippen molar-refractivity contribution in [3.63, 3.8) is 0 Å². The second kappa shape index (κ2) is 8.43. The Morgan fingerprint density at radius 1 is 1.12 bits per heavy atom. The van der Waals surface area contributed by atoms with E-state index >= 15 is 0 Å². The number of benzene rings is 2. The van der Waals surface area contributed by atoms with Gasteiger partial charge in [-0.15, -0.1) is 11.8 Å². The van der Waals surface area contributed by atoms with Gasteiger partial charge in [0.1, 0.15) is 0 Å². The number of hydrogen-bond donors (Lipinski definition) is 2. The zero-order chi connectivity index (χ0) is 17.7. The summed E-state index contributed by atoms with van der Waals surface area (Å²) in [6.45, 7) is 0. The number of halogens is 3. The summed E-state index contributed by atoms with van der Waals surface area (Å²) >= 11 is 19.0. The quantitative estimate of drug-likeness (QED) is 0.409. The van der Waals surface area contributed by atoms with Crippen LogP contribution in [0.4, 0.5) is 11.4 Å². The van der Waals surface area contributed by atoms with E-state index in [0.29, 0.717) is 10.7 Å². The maximum atomic E-state index is 11.8. The molecule has 0 saturated carbocycles. The van der Waals surface area contributed by atoms with Gasteiger partial charge in [0.05, 0.1) is 26.4 Å². The Morgan fingerprint density at radius 2 is 1.71 bits per heavy atom. The number of hydrazine groups is 1. The predicted octanol–water partition coefficient (Wildman–Crippen LogP) is 4.79. The van der Waals surface area contributed by atoms with Crippen molar-refractivity contribution in [3.8, 4) is 0 Å². The van der Waals surface area contributed by atoms with Gasteiger partial charge in [0.15, 0.2) is 0 Å². The third kappa shape index (κ3) is 5.17. The number of amides is 1. The fourth-order valence-corrected chi connectivity index (χ4v) is 3.25. The maximum Gasteiger partial charge on any atom is 0.269 e. The number of rotatable bonds is 6. The number of carbonyl (C=O) groups excluding carboxylic acids is 1. The summed E-state index contributed by atoms with van der Waals surface area (Å²) in [5.41, 5.74) is 5.46. The molecule has 6 nitrogen and oxygen atoms in total. The lowest BCUT2D eigenvalue weighted by molar-refractivity contribution is -0.384. The van der Waals surface area contributed by atoms with Gasteiger partial charge in [-0.05, 0) is 24.3 Å². The van der Waals surface area contributed by atoms with Crippen molar-refractivity contribution in [2.24, 2.45) is 0 Å². The average Bonchev–Trinajstić information content (AvgIpc) is 2.52. The molecule has 10 heteroatoms. The van der Waals surface area contributed by atoms with Crippen LogP contribution in [0.15, 0.2) is 41.3 Å². The minimum absolute atomic E-state index is 0.00232. The van der Waals surface area contributed by atoms with Gasteiger partial charge in [-0.1, -0.05) is 34.8 Å². The average molecular weight is 407 g/mol. The minimum Gasteiger partial charge on any atom is -0.296 e. The topological polar surface area (TPSA) is 84.3 Å². The molecule has 0 aromatic heterocycles. The molecular weight excluding hydrogens is 397 g/mol. The number of nitrogens with one attached hydrogen (secondary N) is 2. The number of nitrogens with zero attached hydrogens (tertiary/aromatic N) is 1. The molecule has 0 atom stereocenters. The summed E-state index contributed by atoms with van der Waals surface area (Å²) in [7, 11) is 0. The van der Waals surface area contributed by atoms with Gasteiger partial charge in [-0.3, -0.25) is 25.8 Å². The molecule has 0 unspecified atom stereocenters. The standard InChI is InChI=1S/C14H10Cl3N3O3S/c15-8-5-11(16)14(12(17)6-8)19-18-13(21)7-24-10-3-1-9(2-4-10)20(22)23/h1-6,19H,7H2,(H,18,21). The van der Waals surface area contributed by atoms with Crippen molar-refractivity contribution in [2.75, 3.05) is 11.2 Å². The van der Waals surface area contributed by atoms with Gasteiger partial charge < -0.3 is 0 Å². The SMILES string of the molecule is O=C(CSc1ccc([N+](=O)[O-])cc1)NNc1c(Cl)cc(Cl)cc1Cl. The third-order valence-electron chi connectivity index (χ3n) is 2.75. The van der Waals surface area contributed by atoms with Gasteiger partial charge in [-0.2, -0.15) is 0 Å². The summed E-state index contributed by atoms with van der Waals surface area (Å²) in [6.07, 6.45) is 0. The van der Waals surface area contributed by atoms with Gasteiger partial charge in [0.2, 0.25) is 5.91 Å². The van der Waals surface area contributed by atoms with Crippen LogP contribution in [0, 0.1) is 10.1 Å². The Labute approximate surface area is 156 Å². The Balaban J connectivity index is 1.87. The van der Waals surface area contributed by atoms with Crippen molar-refractivity contribution in [1.82, 2.24) is 5.43 Å². The van der Waals surface area contributed by atoms with Crippen LogP contribution in [0.1, 0.15) is 0 Å². The van der Waals surface area contributed by atoms with E-state index in [1.165, 1.54) is 36.0 Å². The van der Waals surface area contributed by atoms with Crippen molar-refractivity contribution in [2.45, 2.75) is 4.90 Å². The number of thioether (sulfide) groups is 1. The Morgan fingerprint density at radius 3 is 2.25 bits per heavy atom. The monoisotopic (exact) mass is 405 g/mol. The smallest absolute Gasteiger partial charge is 0.269 e. The van der Waals surface area contributed by atoms with Crippen LogP contribution >= 0.6 is 46.6 Å². The summed E-state index contributed by atoms with van der Waals surface area (Å²) in [4.78, 5) is 22.7. The molecule has 24 heavy (non-hydrogen) atoms. The van der Waals surface area contributed by atoms with Gasteiger partial charge >= 0.3 is 0 Å². The van der Waals surface area contributed by atoms with Crippen LogP contribution in [0.2, 0.25) is 15.1 Å². The summed E-state index contributed by atoms with van der Waals surface area (Å²) in [6, 6.07) is 8.91. The number of anilines is 1. The van der Waals surface area contributed by atoms with E-state index in [0.717, 1.165) is 4.90 Å². The van der Waals surface area contributed by atoms with Gasteiger partial charge in [0.25, 0.3) is 5.69 Å². The van der Waals surface area contributed by atoms with Crippen molar-refractivity contribution in [3.05, 3.63) is 61.6 Å². The number of nitro groups is 1. The molecule has 0 spiro atoms. The lowest BCUT2D eigenvalue weighted by atomic mass is 10.3. The lowest BCUT2D eigenvalue weighted by Crippen LogP contribution is -2.31. The van der Waals surface area contributed by atoms with Gasteiger partial charge in [-0.25, -0.2) is 0 Å². The largest absolute Gasteiger partial charge is 0.296 e. The Hall–Kier alpha value is -1.67. The molecule has 2 aromatic carbocycles. The summed E-state index contributed by atoms with van der Waals surface area (Å²) in [5.74, 6) is -0.214. The maximum absolute atomic E-state index is 11.8. The van der Waals surface area contributed by atoms with E-state index in [1.807, 2.05) is 0 Å². The van der Waals surface area contributed by atoms with E-state index in [-0.39, 0.29) is 27.4 Å². The first-order valence-corrected chi connectivity index (χ1v) is 8.55. The molecule has 0 heterocycles. The number of non-ortho nitro benzene ring substituents is 1. The van der Waals surface area contributed by atoms with Gasteiger partial charge in [0, 0.05) is 22.1 Å². The number of hydrogen-bond acceptors (Lipinski definition) is 5. The molecule has 1 amide bonds. The second-order valence-corrected chi connectivity index (χ2v) is 6.76. The molecule has 0 saturated heterocycles. The first kappa shape index (κ1) is 18.7. The molecule has 0 fully saturated rings. The van der Waals surface area contributed by atoms with Crippen LogP contribution < -0.4 is 10.9 Å². The Bertz CT molecular complexity index is 749. The molecule has 0 aliphatic rings. The highest BCUT2D eigenvalue weighted by atomic mass is 35.5. The van der Waals surface area contributed by atoms with E-state index in [4.69, 9.17) is 34.8 Å². The summed E-state index contributed by atoms with van der Waals surface area (Å²) < 4.78 is 0. The first-order valence-electron chi connectivity index (χ1n) is 6.43. The molecule has 2 N–H and O–H groups in total. The first-order chi connectivity index (χ1) is 11.4. The number of nitro benzene ring substituents is 1. The fourth-order valence-electron chi connectivity index (χ4n) is 1.64. The van der Waals surface area contributed by atoms with Crippen molar-refractivity contribution >= 4 is 63.8 Å². The highest BCUT2D eigenvalue weighted by Crippen LogP contribution is 2.33. The number of carbonyl (C=O) groups is 1. The highest BCUT2D eigenvalue weighted by molar-refractivity contribution is 8.00. The van der Waals surface area contributed by atoms with E-state index in [2.05, 4.69) is 10.9 Å².